The number of nitrogens with zero attached hydrogens (tertiary/aromatic N) is 4. The van der Waals surface area contributed by atoms with E-state index in [0.29, 0.717) is 29.4 Å². The molecule has 3 heterocycles. The van der Waals surface area contributed by atoms with Gasteiger partial charge in [-0.25, -0.2) is 4.98 Å². The molecule has 3 rings (SSSR count). The minimum atomic E-state index is 0.451. The summed E-state index contributed by atoms with van der Waals surface area (Å²) in [7, 11) is 0. The second kappa shape index (κ2) is 3.58. The monoisotopic (exact) mass is 229 g/mol. The van der Waals surface area contributed by atoms with Crippen LogP contribution in [0.3, 0.4) is 0 Å². The van der Waals surface area contributed by atoms with Crippen LogP contribution in [0.5, 0.6) is 0 Å². The lowest BCUT2D eigenvalue weighted by molar-refractivity contribution is 0.491. The smallest absolute Gasteiger partial charge is 0.218 e. The van der Waals surface area contributed by atoms with E-state index in [0.717, 1.165) is 5.69 Å². The third-order valence-corrected chi connectivity index (χ3v) is 2.39. The molecule has 6 nitrogen and oxygen atoms in total. The minimum absolute atomic E-state index is 0.451. The molecule has 0 aliphatic carbocycles. The number of rotatable bonds is 2. The number of fused-ring (bicyclic) bond motifs is 1. The predicted molar refractivity (Wildman–Crippen MR) is 62.3 cm³/mol. The maximum absolute atomic E-state index is 5.58. The van der Waals surface area contributed by atoms with Crippen LogP contribution in [0.25, 0.3) is 11.2 Å². The van der Waals surface area contributed by atoms with E-state index in [9.17, 15) is 0 Å². The van der Waals surface area contributed by atoms with E-state index in [1.165, 1.54) is 0 Å². The highest BCUT2D eigenvalue weighted by molar-refractivity contribution is 5.67. The van der Waals surface area contributed by atoms with Crippen LogP contribution in [0, 0.1) is 6.92 Å². The van der Waals surface area contributed by atoms with Crippen LogP contribution in [0.15, 0.2) is 28.9 Å². The van der Waals surface area contributed by atoms with E-state index in [1.807, 2.05) is 19.1 Å². The Balaban J connectivity index is 1.95. The van der Waals surface area contributed by atoms with Crippen LogP contribution in [0.1, 0.15) is 11.6 Å². The molecule has 0 saturated carbocycles. The Labute approximate surface area is 97.1 Å². The van der Waals surface area contributed by atoms with Gasteiger partial charge in [-0.1, -0.05) is 0 Å². The minimum Gasteiger partial charge on any atom is -0.437 e. The summed E-state index contributed by atoms with van der Waals surface area (Å²) in [6.45, 7) is 2.37. The molecule has 0 fully saturated rings. The maximum atomic E-state index is 5.58. The van der Waals surface area contributed by atoms with Crippen molar-refractivity contribution in [2.45, 2.75) is 13.5 Å². The fourth-order valence-corrected chi connectivity index (χ4v) is 1.63. The average molecular weight is 229 g/mol. The molecule has 0 unspecified atom stereocenters. The maximum Gasteiger partial charge on any atom is 0.218 e. The number of anilines is 1. The van der Waals surface area contributed by atoms with Crippen molar-refractivity contribution in [2.24, 2.45) is 0 Å². The van der Waals surface area contributed by atoms with E-state index >= 15 is 0 Å². The lowest BCUT2D eigenvalue weighted by Crippen LogP contribution is -1.99. The van der Waals surface area contributed by atoms with E-state index in [-0.39, 0.29) is 0 Å². The van der Waals surface area contributed by atoms with Gasteiger partial charge in [0.25, 0.3) is 0 Å². The molecule has 0 aliphatic heterocycles. The molecule has 3 aromatic heterocycles. The molecule has 0 aliphatic rings. The first kappa shape index (κ1) is 9.83. The molecule has 0 aromatic carbocycles. The van der Waals surface area contributed by atoms with Gasteiger partial charge in [-0.05, 0) is 19.1 Å². The van der Waals surface area contributed by atoms with Gasteiger partial charge in [0.15, 0.2) is 11.2 Å². The first-order valence-electron chi connectivity index (χ1n) is 5.22. The molecule has 0 amide bonds. The summed E-state index contributed by atoms with van der Waals surface area (Å²) in [6.07, 6.45) is 3.32. The Morgan fingerprint density at radius 3 is 3.00 bits per heavy atom. The van der Waals surface area contributed by atoms with Crippen molar-refractivity contribution in [3.8, 4) is 0 Å². The third-order valence-electron chi connectivity index (χ3n) is 2.39. The number of nitrogen functional groups attached to an aromatic ring is 1. The molecule has 3 aromatic rings. The van der Waals surface area contributed by atoms with E-state index in [1.54, 1.807) is 17.1 Å². The van der Waals surface area contributed by atoms with Gasteiger partial charge < -0.3 is 10.2 Å². The summed E-state index contributed by atoms with van der Waals surface area (Å²) in [5.74, 6) is 0.571. The fourth-order valence-electron chi connectivity index (χ4n) is 1.63. The summed E-state index contributed by atoms with van der Waals surface area (Å²) >= 11 is 0. The average Bonchev–Trinajstić information content (AvgIpc) is 2.84. The van der Waals surface area contributed by atoms with Crippen LogP contribution in [-0.2, 0) is 6.54 Å². The lowest BCUT2D eigenvalue weighted by Gasteiger charge is -1.94. The van der Waals surface area contributed by atoms with Gasteiger partial charge in [0.2, 0.25) is 5.89 Å². The predicted octanol–water partition coefficient (Wildman–Crippen LogP) is 1.36. The quantitative estimate of drug-likeness (QED) is 0.717. The van der Waals surface area contributed by atoms with Crippen molar-refractivity contribution in [1.82, 2.24) is 19.7 Å². The van der Waals surface area contributed by atoms with E-state index in [4.69, 9.17) is 10.2 Å². The highest BCUT2D eigenvalue weighted by Crippen LogP contribution is 2.14. The molecular formula is C11H11N5O. The molecule has 86 valence electrons. The Kier molecular flexibility index (Phi) is 2.07. The summed E-state index contributed by atoms with van der Waals surface area (Å²) in [6, 6.07) is 3.76. The van der Waals surface area contributed by atoms with E-state index < -0.39 is 0 Å². The van der Waals surface area contributed by atoms with Crippen molar-refractivity contribution in [3.63, 3.8) is 0 Å². The molecule has 0 spiro atoms. The standard InChI is InChI=1S/C11H11N5O/c1-7-2-3-9-11(14-7)15-10(17-9)6-16-5-8(12)4-13-16/h2-5H,6,12H2,1H3. The van der Waals surface area contributed by atoms with Crippen molar-refractivity contribution in [2.75, 3.05) is 5.73 Å². The zero-order valence-corrected chi connectivity index (χ0v) is 9.29. The number of hydrogen-bond donors (Lipinski definition) is 1. The largest absolute Gasteiger partial charge is 0.437 e. The van der Waals surface area contributed by atoms with Crippen LogP contribution in [0.2, 0.25) is 0 Å². The Bertz CT molecular complexity index is 669. The number of aryl methyl sites for hydroxylation is 1. The van der Waals surface area contributed by atoms with Crippen molar-refractivity contribution < 1.29 is 4.42 Å². The molecule has 17 heavy (non-hydrogen) atoms. The normalized spacial score (nSPS) is 11.1. The van der Waals surface area contributed by atoms with Crippen molar-refractivity contribution >= 4 is 16.9 Å². The molecule has 0 radical (unpaired) electrons. The van der Waals surface area contributed by atoms with Crippen LogP contribution < -0.4 is 5.73 Å². The highest BCUT2D eigenvalue weighted by Gasteiger charge is 2.08. The van der Waals surface area contributed by atoms with Crippen molar-refractivity contribution in [3.05, 3.63) is 36.1 Å². The topological polar surface area (TPSA) is 82.8 Å². The third kappa shape index (κ3) is 1.84. The number of oxazole rings is 1. The summed E-state index contributed by atoms with van der Waals surface area (Å²) in [5.41, 5.74) is 8.43. The SMILES string of the molecule is Cc1ccc2oc(Cn3cc(N)cn3)nc2n1. The molecule has 0 bridgehead atoms. The molecule has 0 atom stereocenters. The van der Waals surface area contributed by atoms with Gasteiger partial charge >= 0.3 is 0 Å². The van der Waals surface area contributed by atoms with Crippen LogP contribution in [0.4, 0.5) is 5.69 Å². The van der Waals surface area contributed by atoms with Gasteiger partial charge in [-0.15, -0.1) is 0 Å². The summed E-state index contributed by atoms with van der Waals surface area (Å²) < 4.78 is 7.23. The number of pyridine rings is 1. The van der Waals surface area contributed by atoms with Gasteiger partial charge in [-0.2, -0.15) is 10.1 Å². The first-order valence-corrected chi connectivity index (χ1v) is 5.22. The number of hydrogen-bond acceptors (Lipinski definition) is 5. The Hall–Kier alpha value is -2.37. The fraction of sp³-hybridized carbons (Fsp3) is 0.182. The summed E-state index contributed by atoms with van der Waals surface area (Å²) in [5, 5.41) is 4.07. The van der Waals surface area contributed by atoms with E-state index in [2.05, 4.69) is 15.1 Å². The Morgan fingerprint density at radius 1 is 1.35 bits per heavy atom. The second-order valence-corrected chi connectivity index (χ2v) is 3.85. The van der Waals surface area contributed by atoms with Crippen LogP contribution >= 0.6 is 0 Å². The summed E-state index contributed by atoms with van der Waals surface area (Å²) in [4.78, 5) is 8.58. The Morgan fingerprint density at radius 2 is 2.24 bits per heavy atom. The molecule has 6 heteroatoms. The lowest BCUT2D eigenvalue weighted by atomic mass is 10.4. The molecular weight excluding hydrogens is 218 g/mol. The van der Waals surface area contributed by atoms with Gasteiger partial charge in [0.1, 0.15) is 6.54 Å². The zero-order valence-electron chi connectivity index (χ0n) is 9.29. The second-order valence-electron chi connectivity index (χ2n) is 3.85. The van der Waals surface area contributed by atoms with Crippen molar-refractivity contribution in [1.29, 1.82) is 0 Å². The first-order chi connectivity index (χ1) is 8.20. The molecule has 2 N–H and O–H groups in total. The van der Waals surface area contributed by atoms with Gasteiger partial charge in [0, 0.05) is 11.9 Å². The van der Waals surface area contributed by atoms with Gasteiger partial charge in [0.05, 0.1) is 11.9 Å². The highest BCUT2D eigenvalue weighted by atomic mass is 16.3. The van der Waals surface area contributed by atoms with Gasteiger partial charge in [-0.3, -0.25) is 4.68 Å². The van der Waals surface area contributed by atoms with Crippen LogP contribution in [-0.4, -0.2) is 19.7 Å². The zero-order chi connectivity index (χ0) is 11.8. The number of aromatic nitrogens is 4. The number of nitrogens with two attached hydrogens (primary N) is 1. The molecule has 0 saturated heterocycles.